The Hall–Kier alpha value is -2.14. The van der Waals surface area contributed by atoms with Crippen LogP contribution in [0.4, 0.5) is 0 Å². The highest BCUT2D eigenvalue weighted by molar-refractivity contribution is 7.12. The molecule has 0 saturated heterocycles. The first kappa shape index (κ1) is 14.3. The highest BCUT2D eigenvalue weighted by Gasteiger charge is 2.16. The molecular weight excluding hydrogens is 276 g/mol. The number of rotatable bonds is 5. The van der Waals surface area contributed by atoms with Gasteiger partial charge in [0.2, 0.25) is 5.78 Å². The molecule has 2 rings (SSSR count). The van der Waals surface area contributed by atoms with Gasteiger partial charge >= 0.3 is 5.97 Å². The van der Waals surface area contributed by atoms with E-state index in [0.717, 1.165) is 11.1 Å². The third-order valence-corrected chi connectivity index (χ3v) is 3.95. The number of benzene rings is 1. The number of carbonyl (C=O) groups is 2. The van der Waals surface area contributed by atoms with Crippen LogP contribution in [0.2, 0.25) is 0 Å². The first-order chi connectivity index (χ1) is 9.50. The Bertz CT molecular complexity index is 644. The average molecular weight is 290 g/mol. The summed E-state index contributed by atoms with van der Waals surface area (Å²) in [5, 5.41) is 10.5. The Morgan fingerprint density at radius 1 is 1.20 bits per heavy atom. The summed E-state index contributed by atoms with van der Waals surface area (Å²) in [4.78, 5) is 23.5. The van der Waals surface area contributed by atoms with Crippen molar-refractivity contribution in [1.29, 1.82) is 0 Å². The summed E-state index contributed by atoms with van der Waals surface area (Å²) >= 11 is 1.40. The minimum atomic E-state index is -1.03. The molecule has 0 bridgehead atoms. The van der Waals surface area contributed by atoms with Gasteiger partial charge in [-0.15, -0.1) is 11.3 Å². The number of hydrogen-bond donors (Lipinski definition) is 1. The van der Waals surface area contributed by atoms with Gasteiger partial charge in [0.05, 0.1) is 4.88 Å². The fourth-order valence-corrected chi connectivity index (χ4v) is 2.56. The zero-order valence-corrected chi connectivity index (χ0v) is 12.0. The molecule has 0 radical (unpaired) electrons. The zero-order chi connectivity index (χ0) is 14.7. The highest BCUT2D eigenvalue weighted by Crippen LogP contribution is 2.26. The van der Waals surface area contributed by atoms with E-state index in [0.29, 0.717) is 16.2 Å². The van der Waals surface area contributed by atoms with Crippen LogP contribution in [0.5, 0.6) is 5.75 Å². The Kier molecular flexibility index (Phi) is 4.20. The molecule has 104 valence electrons. The van der Waals surface area contributed by atoms with Gasteiger partial charge in [-0.05, 0) is 48.6 Å². The van der Waals surface area contributed by atoms with E-state index in [1.807, 2.05) is 25.3 Å². The number of carboxylic acid groups (broad SMARTS) is 1. The van der Waals surface area contributed by atoms with Crippen molar-refractivity contribution in [2.75, 3.05) is 6.61 Å². The number of ether oxygens (including phenoxy) is 1. The molecule has 1 heterocycles. The normalized spacial score (nSPS) is 10.3. The van der Waals surface area contributed by atoms with Crippen molar-refractivity contribution in [2.45, 2.75) is 13.8 Å². The lowest BCUT2D eigenvalue weighted by Crippen LogP contribution is -2.11. The molecule has 0 unspecified atom stereocenters. The van der Waals surface area contributed by atoms with Crippen molar-refractivity contribution in [3.05, 3.63) is 51.2 Å². The topological polar surface area (TPSA) is 63.6 Å². The van der Waals surface area contributed by atoms with Gasteiger partial charge in [0.1, 0.15) is 5.75 Å². The Morgan fingerprint density at radius 2 is 1.95 bits per heavy atom. The highest BCUT2D eigenvalue weighted by atomic mass is 32.1. The minimum absolute atomic E-state index is 0.0228. The van der Waals surface area contributed by atoms with Gasteiger partial charge in [0.25, 0.3) is 0 Å². The number of carbonyl (C=O) groups excluding carboxylic acids is 1. The number of ketones is 1. The van der Waals surface area contributed by atoms with Crippen molar-refractivity contribution in [2.24, 2.45) is 0 Å². The van der Waals surface area contributed by atoms with Crippen LogP contribution in [-0.4, -0.2) is 23.5 Å². The van der Waals surface area contributed by atoms with Gasteiger partial charge in [-0.3, -0.25) is 4.79 Å². The van der Waals surface area contributed by atoms with Crippen LogP contribution in [0.3, 0.4) is 0 Å². The van der Waals surface area contributed by atoms with Gasteiger partial charge in [-0.25, -0.2) is 4.79 Å². The summed E-state index contributed by atoms with van der Waals surface area (Å²) in [6.07, 6.45) is 0. The lowest BCUT2D eigenvalue weighted by Gasteiger charge is -2.12. The van der Waals surface area contributed by atoms with Gasteiger partial charge in [-0.2, -0.15) is 0 Å². The van der Waals surface area contributed by atoms with Crippen LogP contribution in [0.25, 0.3) is 0 Å². The third kappa shape index (κ3) is 2.88. The van der Waals surface area contributed by atoms with Crippen LogP contribution in [0.15, 0.2) is 29.6 Å². The lowest BCUT2D eigenvalue weighted by molar-refractivity contribution is -0.139. The molecule has 0 saturated carbocycles. The van der Waals surface area contributed by atoms with Crippen LogP contribution in [0.1, 0.15) is 26.4 Å². The van der Waals surface area contributed by atoms with Crippen molar-refractivity contribution in [3.63, 3.8) is 0 Å². The van der Waals surface area contributed by atoms with Crippen molar-refractivity contribution < 1.29 is 19.4 Å². The van der Waals surface area contributed by atoms with Crippen LogP contribution in [-0.2, 0) is 4.79 Å². The van der Waals surface area contributed by atoms with E-state index in [4.69, 9.17) is 9.84 Å². The quantitative estimate of drug-likeness (QED) is 0.860. The molecule has 0 aliphatic rings. The fraction of sp³-hybridized carbons (Fsp3) is 0.200. The largest absolute Gasteiger partial charge is 0.482 e. The molecule has 2 aromatic rings. The van der Waals surface area contributed by atoms with Crippen molar-refractivity contribution in [3.8, 4) is 5.75 Å². The molecular formula is C15H14O4S. The molecule has 0 fully saturated rings. The molecule has 4 nitrogen and oxygen atoms in total. The molecule has 0 aliphatic heterocycles. The van der Waals surface area contributed by atoms with Gasteiger partial charge < -0.3 is 9.84 Å². The smallest absolute Gasteiger partial charge is 0.341 e. The number of thiophene rings is 1. The molecule has 1 aromatic carbocycles. The summed E-state index contributed by atoms with van der Waals surface area (Å²) in [5.74, 6) is -0.557. The average Bonchev–Trinajstić information content (AvgIpc) is 2.93. The molecule has 5 heteroatoms. The van der Waals surface area contributed by atoms with Gasteiger partial charge in [-0.1, -0.05) is 6.07 Å². The summed E-state index contributed by atoms with van der Waals surface area (Å²) in [6.45, 7) is 3.26. The maximum atomic E-state index is 12.3. The van der Waals surface area contributed by atoms with Gasteiger partial charge in [0.15, 0.2) is 6.61 Å². The molecule has 0 aliphatic carbocycles. The predicted molar refractivity (Wildman–Crippen MR) is 76.8 cm³/mol. The summed E-state index contributed by atoms with van der Waals surface area (Å²) in [7, 11) is 0. The van der Waals surface area contributed by atoms with Crippen LogP contribution < -0.4 is 4.74 Å². The number of carboxylic acids is 1. The first-order valence-corrected chi connectivity index (χ1v) is 6.91. The summed E-state index contributed by atoms with van der Waals surface area (Å²) in [5.41, 5.74) is 2.22. The fourth-order valence-electron chi connectivity index (χ4n) is 1.88. The van der Waals surface area contributed by atoms with Crippen molar-refractivity contribution >= 4 is 23.1 Å². The van der Waals surface area contributed by atoms with E-state index in [9.17, 15) is 9.59 Å². The van der Waals surface area contributed by atoms with Gasteiger partial charge in [0, 0.05) is 5.56 Å². The molecule has 0 amide bonds. The van der Waals surface area contributed by atoms with Crippen LogP contribution in [0, 0.1) is 13.8 Å². The number of aliphatic carboxylic acids is 1. The van der Waals surface area contributed by atoms with E-state index in [-0.39, 0.29) is 5.78 Å². The molecule has 0 atom stereocenters. The summed E-state index contributed by atoms with van der Waals surface area (Å²) in [6, 6.07) is 6.95. The van der Waals surface area contributed by atoms with Crippen molar-refractivity contribution in [1.82, 2.24) is 0 Å². The maximum absolute atomic E-state index is 12.3. The Labute approximate surface area is 120 Å². The van der Waals surface area contributed by atoms with E-state index < -0.39 is 12.6 Å². The second-order valence-corrected chi connectivity index (χ2v) is 5.30. The SMILES string of the molecule is Cc1c(OCC(=O)O)ccc(C(=O)c2cccs2)c1C. The monoisotopic (exact) mass is 290 g/mol. The Balaban J connectivity index is 2.31. The molecule has 1 N–H and O–H groups in total. The van der Waals surface area contributed by atoms with E-state index in [2.05, 4.69) is 0 Å². The lowest BCUT2D eigenvalue weighted by atomic mass is 9.98. The second-order valence-electron chi connectivity index (χ2n) is 4.35. The maximum Gasteiger partial charge on any atom is 0.341 e. The summed E-state index contributed by atoms with van der Waals surface area (Å²) < 4.78 is 5.20. The third-order valence-electron chi connectivity index (χ3n) is 3.08. The zero-order valence-electron chi connectivity index (χ0n) is 11.2. The minimum Gasteiger partial charge on any atom is -0.482 e. The predicted octanol–water partition coefficient (Wildman–Crippen LogP) is 3.06. The molecule has 0 spiro atoms. The molecule has 20 heavy (non-hydrogen) atoms. The molecule has 1 aromatic heterocycles. The first-order valence-electron chi connectivity index (χ1n) is 6.03. The standard InChI is InChI=1S/C15H14O4S/c1-9-10(2)12(19-8-14(16)17)6-5-11(9)15(18)13-4-3-7-20-13/h3-7H,8H2,1-2H3,(H,16,17). The second kappa shape index (κ2) is 5.88. The van der Waals surface area contributed by atoms with E-state index >= 15 is 0 Å². The van der Waals surface area contributed by atoms with E-state index in [1.165, 1.54) is 11.3 Å². The van der Waals surface area contributed by atoms with Crippen LogP contribution >= 0.6 is 11.3 Å². The number of hydrogen-bond acceptors (Lipinski definition) is 4. The van der Waals surface area contributed by atoms with E-state index in [1.54, 1.807) is 18.2 Å². The Morgan fingerprint density at radius 3 is 2.55 bits per heavy atom.